The van der Waals surface area contributed by atoms with Gasteiger partial charge in [-0.25, -0.2) is 9.79 Å². The summed E-state index contributed by atoms with van der Waals surface area (Å²) >= 11 is 0. The fourth-order valence-electron chi connectivity index (χ4n) is 1.79. The summed E-state index contributed by atoms with van der Waals surface area (Å²) in [5, 5.41) is 0. The first-order valence-corrected chi connectivity index (χ1v) is 5.81. The van der Waals surface area contributed by atoms with E-state index in [4.69, 9.17) is 4.74 Å². The maximum atomic E-state index is 10.1. The molecule has 1 rings (SSSR count). The van der Waals surface area contributed by atoms with Crippen LogP contribution in [0.4, 0.5) is 0 Å². The second-order valence-electron chi connectivity index (χ2n) is 4.49. The molecule has 0 aliphatic rings. The van der Waals surface area contributed by atoms with Crippen LogP contribution in [0.2, 0.25) is 0 Å². The summed E-state index contributed by atoms with van der Waals surface area (Å²) in [4.78, 5) is 13.7. The molecule has 1 aromatic carbocycles. The minimum atomic E-state index is 0.222. The summed E-state index contributed by atoms with van der Waals surface area (Å²) in [6.07, 6.45) is 1.58. The summed E-state index contributed by atoms with van der Waals surface area (Å²) in [7, 11) is 1.68. The second kappa shape index (κ2) is 6.21. The molecule has 0 heterocycles. The van der Waals surface area contributed by atoms with E-state index in [-0.39, 0.29) is 5.92 Å². The zero-order valence-corrected chi connectivity index (χ0v) is 10.9. The molecular formula is C14H19NO2. The number of hydrogen-bond acceptors (Lipinski definition) is 3. The maximum absolute atomic E-state index is 10.1. The number of hydrogen-bond donors (Lipinski definition) is 0. The van der Waals surface area contributed by atoms with E-state index >= 15 is 0 Å². The number of rotatable bonds is 5. The van der Waals surface area contributed by atoms with Crippen molar-refractivity contribution < 1.29 is 9.53 Å². The summed E-state index contributed by atoms with van der Waals surface area (Å²) in [6, 6.07) is 6.13. The Labute approximate surface area is 103 Å². The van der Waals surface area contributed by atoms with E-state index < -0.39 is 0 Å². The predicted molar refractivity (Wildman–Crippen MR) is 68.5 cm³/mol. The van der Waals surface area contributed by atoms with Crippen molar-refractivity contribution in [3.63, 3.8) is 0 Å². The molecule has 0 aromatic heterocycles. The zero-order chi connectivity index (χ0) is 12.8. The summed E-state index contributed by atoms with van der Waals surface area (Å²) in [6.45, 7) is 6.80. The highest BCUT2D eigenvalue weighted by molar-refractivity contribution is 5.41. The van der Waals surface area contributed by atoms with Crippen LogP contribution in [0.1, 0.15) is 43.7 Å². The van der Waals surface area contributed by atoms with Gasteiger partial charge in [-0.3, -0.25) is 0 Å². The molecule has 0 spiro atoms. The van der Waals surface area contributed by atoms with E-state index in [9.17, 15) is 4.79 Å². The summed E-state index contributed by atoms with van der Waals surface area (Å²) in [5.74, 6) is 1.54. The lowest BCUT2D eigenvalue weighted by Crippen LogP contribution is -2.01. The molecule has 0 saturated carbocycles. The number of carbonyl (C=O) groups excluding carboxylic acids is 1. The van der Waals surface area contributed by atoms with Crippen molar-refractivity contribution in [2.45, 2.75) is 32.6 Å². The molecule has 0 saturated heterocycles. The lowest BCUT2D eigenvalue weighted by Gasteiger charge is -2.16. The van der Waals surface area contributed by atoms with Crippen LogP contribution < -0.4 is 4.74 Å². The fraction of sp³-hybridized carbons (Fsp3) is 0.500. The van der Waals surface area contributed by atoms with Crippen LogP contribution in [0.5, 0.6) is 5.75 Å². The lowest BCUT2D eigenvalue weighted by atomic mass is 9.94. The molecule has 1 unspecified atom stereocenters. The van der Waals surface area contributed by atoms with Gasteiger partial charge in [0.2, 0.25) is 6.08 Å². The topological polar surface area (TPSA) is 38.7 Å². The zero-order valence-electron chi connectivity index (χ0n) is 10.9. The van der Waals surface area contributed by atoms with Crippen molar-refractivity contribution >= 4 is 6.08 Å². The van der Waals surface area contributed by atoms with E-state index in [2.05, 4.69) is 24.9 Å². The fourth-order valence-corrected chi connectivity index (χ4v) is 1.79. The van der Waals surface area contributed by atoms with Crippen LogP contribution in [0.15, 0.2) is 23.2 Å². The average molecular weight is 233 g/mol. The van der Waals surface area contributed by atoms with E-state index in [0.29, 0.717) is 12.5 Å². The third-order valence-electron chi connectivity index (χ3n) is 2.87. The molecule has 0 fully saturated rings. The van der Waals surface area contributed by atoms with Gasteiger partial charge in [0.1, 0.15) is 5.75 Å². The van der Waals surface area contributed by atoms with Gasteiger partial charge in [-0.1, -0.05) is 32.9 Å². The van der Waals surface area contributed by atoms with Gasteiger partial charge < -0.3 is 4.74 Å². The first-order chi connectivity index (χ1) is 8.10. The number of benzene rings is 1. The molecular weight excluding hydrogens is 214 g/mol. The van der Waals surface area contributed by atoms with Crippen LogP contribution in [0.25, 0.3) is 0 Å². The first-order valence-electron chi connectivity index (χ1n) is 5.81. The van der Waals surface area contributed by atoms with Gasteiger partial charge in [0, 0.05) is 5.92 Å². The molecule has 92 valence electrons. The molecule has 0 aliphatic heterocycles. The van der Waals surface area contributed by atoms with Crippen molar-refractivity contribution in [3.05, 3.63) is 29.3 Å². The molecule has 0 radical (unpaired) electrons. The molecule has 0 aliphatic carbocycles. The molecule has 17 heavy (non-hydrogen) atoms. The van der Waals surface area contributed by atoms with Crippen molar-refractivity contribution in [2.24, 2.45) is 4.99 Å². The van der Waals surface area contributed by atoms with Gasteiger partial charge in [0.25, 0.3) is 0 Å². The van der Waals surface area contributed by atoms with E-state index in [1.807, 2.05) is 19.1 Å². The largest absolute Gasteiger partial charge is 0.496 e. The minimum absolute atomic E-state index is 0.222. The van der Waals surface area contributed by atoms with Gasteiger partial charge >= 0.3 is 0 Å². The number of methoxy groups -OCH3 is 1. The van der Waals surface area contributed by atoms with Crippen LogP contribution in [0, 0.1) is 0 Å². The molecule has 0 amide bonds. The number of aliphatic imine (C=N–C) groups is 1. The molecule has 0 bridgehead atoms. The predicted octanol–water partition coefficient (Wildman–Crippen LogP) is 3.26. The highest BCUT2D eigenvalue weighted by atomic mass is 16.5. The van der Waals surface area contributed by atoms with Crippen molar-refractivity contribution in [1.29, 1.82) is 0 Å². The molecule has 1 aromatic rings. The first kappa shape index (κ1) is 13.5. The standard InChI is InChI=1S/C14H19NO2/c1-10(2)13-7-12(5-6-14(13)17-4)11(3)8-15-9-16/h5-7,10-11H,8H2,1-4H3. The van der Waals surface area contributed by atoms with Gasteiger partial charge in [0.15, 0.2) is 0 Å². The van der Waals surface area contributed by atoms with Crippen LogP contribution >= 0.6 is 0 Å². The van der Waals surface area contributed by atoms with E-state index in [0.717, 1.165) is 5.75 Å². The Kier molecular flexibility index (Phi) is 4.92. The van der Waals surface area contributed by atoms with Gasteiger partial charge in [-0.2, -0.15) is 0 Å². The Morgan fingerprint density at radius 3 is 2.59 bits per heavy atom. The Hall–Kier alpha value is -1.60. The average Bonchev–Trinajstić information content (AvgIpc) is 2.34. The Bertz CT molecular complexity index is 420. The smallest absolute Gasteiger partial charge is 0.234 e. The maximum Gasteiger partial charge on any atom is 0.234 e. The van der Waals surface area contributed by atoms with E-state index in [1.165, 1.54) is 11.1 Å². The number of nitrogens with zero attached hydrogens (tertiary/aromatic N) is 1. The highest BCUT2D eigenvalue weighted by Gasteiger charge is 2.11. The third kappa shape index (κ3) is 3.43. The van der Waals surface area contributed by atoms with Crippen molar-refractivity contribution in [2.75, 3.05) is 13.7 Å². The third-order valence-corrected chi connectivity index (χ3v) is 2.87. The Balaban J connectivity index is 3.02. The van der Waals surface area contributed by atoms with E-state index in [1.54, 1.807) is 13.2 Å². The van der Waals surface area contributed by atoms with Crippen LogP contribution in [-0.2, 0) is 4.79 Å². The lowest BCUT2D eigenvalue weighted by molar-refractivity contribution is 0.407. The SMILES string of the molecule is COc1ccc(C(C)CN=C=O)cc1C(C)C. The molecule has 1 atom stereocenters. The van der Waals surface area contributed by atoms with Gasteiger partial charge in [-0.15, -0.1) is 0 Å². The van der Waals surface area contributed by atoms with Crippen molar-refractivity contribution in [1.82, 2.24) is 0 Å². The van der Waals surface area contributed by atoms with Crippen molar-refractivity contribution in [3.8, 4) is 5.75 Å². The Morgan fingerprint density at radius 1 is 1.35 bits per heavy atom. The van der Waals surface area contributed by atoms with Crippen LogP contribution in [0.3, 0.4) is 0 Å². The normalized spacial score (nSPS) is 12.1. The van der Waals surface area contributed by atoms with Gasteiger partial charge in [0.05, 0.1) is 13.7 Å². The molecule has 3 heteroatoms. The highest BCUT2D eigenvalue weighted by Crippen LogP contribution is 2.29. The molecule has 3 nitrogen and oxygen atoms in total. The summed E-state index contributed by atoms with van der Waals surface area (Å²) < 4.78 is 5.34. The number of isocyanates is 1. The number of ether oxygens (including phenoxy) is 1. The van der Waals surface area contributed by atoms with Crippen LogP contribution in [-0.4, -0.2) is 19.7 Å². The molecule has 0 N–H and O–H groups in total. The second-order valence-corrected chi connectivity index (χ2v) is 4.49. The quantitative estimate of drug-likeness (QED) is 0.578. The monoisotopic (exact) mass is 233 g/mol. The summed E-state index contributed by atoms with van der Waals surface area (Å²) in [5.41, 5.74) is 2.36. The Morgan fingerprint density at radius 2 is 2.06 bits per heavy atom. The minimum Gasteiger partial charge on any atom is -0.496 e. The van der Waals surface area contributed by atoms with Gasteiger partial charge in [-0.05, 0) is 23.1 Å².